The Morgan fingerprint density at radius 1 is 0.611 bits per heavy atom. The third-order valence-electron chi connectivity index (χ3n) is 8.18. The summed E-state index contributed by atoms with van der Waals surface area (Å²) in [4.78, 5) is 2.30. The molecule has 1 aromatic heterocycles. The van der Waals surface area contributed by atoms with Crippen LogP contribution in [0.3, 0.4) is 0 Å². The molecule has 0 saturated heterocycles. The summed E-state index contributed by atoms with van der Waals surface area (Å²) in [6, 6.07) is 38.9. The number of hydrogen-bond acceptors (Lipinski definition) is 2. The molecule has 0 N–H and O–H groups in total. The first-order valence-electron chi connectivity index (χ1n) is 12.6. The first kappa shape index (κ1) is 20.5. The fraction of sp³-hybridized carbons (Fsp3) is 0.118. The quantitative estimate of drug-likeness (QED) is 0.240. The number of rotatable bonds is 2. The molecule has 1 heterocycles. The monoisotopic (exact) mass is 479 g/mol. The summed E-state index contributed by atoms with van der Waals surface area (Å²) in [7, 11) is 4.34. The molecule has 2 heteroatoms. The van der Waals surface area contributed by atoms with Gasteiger partial charge in [0, 0.05) is 26.7 Å². The number of thiophene rings is 1. The fourth-order valence-corrected chi connectivity index (χ4v) is 8.17. The van der Waals surface area contributed by atoms with Crippen molar-refractivity contribution in [2.45, 2.75) is 12.0 Å². The van der Waals surface area contributed by atoms with E-state index in [1.165, 1.54) is 70.2 Å². The highest BCUT2D eigenvalue weighted by Gasteiger charge is 2.53. The molecule has 0 aliphatic heterocycles. The van der Waals surface area contributed by atoms with Gasteiger partial charge in [-0.3, -0.25) is 0 Å². The second-order valence-corrected chi connectivity index (χ2v) is 11.5. The SMILES string of the molecule is CN(C)Cc1cccc2c1C1(c3ccccc3-2)c2ccccc2-c2c1ccc1sc3ccccc3c21. The molecule has 8 rings (SSSR count). The summed E-state index contributed by atoms with van der Waals surface area (Å²) in [6.45, 7) is 0.917. The van der Waals surface area contributed by atoms with Gasteiger partial charge in [-0.25, -0.2) is 0 Å². The molecule has 2 aliphatic rings. The van der Waals surface area contributed by atoms with Crippen molar-refractivity contribution in [2.75, 3.05) is 14.1 Å². The molecule has 1 unspecified atom stereocenters. The van der Waals surface area contributed by atoms with Crippen LogP contribution >= 0.6 is 11.3 Å². The van der Waals surface area contributed by atoms with Gasteiger partial charge in [0.2, 0.25) is 0 Å². The maximum Gasteiger partial charge on any atom is 0.0728 e. The second kappa shape index (κ2) is 7.16. The second-order valence-electron chi connectivity index (χ2n) is 10.4. The van der Waals surface area contributed by atoms with E-state index in [0.29, 0.717) is 0 Å². The Morgan fingerprint density at radius 3 is 2.14 bits per heavy atom. The third kappa shape index (κ3) is 2.39. The molecule has 2 aliphatic carbocycles. The minimum atomic E-state index is -0.304. The molecule has 5 aromatic carbocycles. The van der Waals surface area contributed by atoms with E-state index in [2.05, 4.69) is 122 Å². The Bertz CT molecular complexity index is 1860. The molecule has 0 saturated carbocycles. The van der Waals surface area contributed by atoms with Crippen molar-refractivity contribution >= 4 is 31.5 Å². The number of nitrogens with zero attached hydrogens (tertiary/aromatic N) is 1. The molecule has 0 radical (unpaired) electrons. The van der Waals surface area contributed by atoms with Gasteiger partial charge >= 0.3 is 0 Å². The minimum Gasteiger partial charge on any atom is -0.305 e. The van der Waals surface area contributed by atoms with Crippen molar-refractivity contribution < 1.29 is 0 Å². The summed E-state index contributed by atoms with van der Waals surface area (Å²) in [5.41, 5.74) is 12.4. The lowest BCUT2D eigenvalue weighted by molar-refractivity contribution is 0.400. The highest BCUT2D eigenvalue weighted by molar-refractivity contribution is 7.26. The van der Waals surface area contributed by atoms with E-state index < -0.39 is 0 Å². The smallest absolute Gasteiger partial charge is 0.0728 e. The summed E-state index contributed by atoms with van der Waals surface area (Å²) in [6.07, 6.45) is 0. The lowest BCUT2D eigenvalue weighted by atomic mass is 9.69. The minimum absolute atomic E-state index is 0.304. The first-order valence-corrected chi connectivity index (χ1v) is 13.4. The largest absolute Gasteiger partial charge is 0.305 e. The lowest BCUT2D eigenvalue weighted by Crippen LogP contribution is -2.28. The van der Waals surface area contributed by atoms with E-state index >= 15 is 0 Å². The van der Waals surface area contributed by atoms with Crippen LogP contribution in [-0.4, -0.2) is 19.0 Å². The Hall–Kier alpha value is -3.72. The molecule has 0 fully saturated rings. The van der Waals surface area contributed by atoms with Crippen LogP contribution in [0.2, 0.25) is 0 Å². The molecular formula is C34H25NS. The van der Waals surface area contributed by atoms with E-state index in [4.69, 9.17) is 0 Å². The molecule has 6 aromatic rings. The van der Waals surface area contributed by atoms with E-state index in [-0.39, 0.29) is 5.41 Å². The van der Waals surface area contributed by atoms with Gasteiger partial charge in [-0.15, -0.1) is 11.3 Å². The zero-order valence-electron chi connectivity index (χ0n) is 20.4. The predicted octanol–water partition coefficient (Wildman–Crippen LogP) is 8.46. The van der Waals surface area contributed by atoms with Crippen LogP contribution in [0.4, 0.5) is 0 Å². The molecular weight excluding hydrogens is 454 g/mol. The van der Waals surface area contributed by atoms with Crippen LogP contribution in [0.1, 0.15) is 27.8 Å². The van der Waals surface area contributed by atoms with Crippen LogP contribution in [0.25, 0.3) is 42.4 Å². The van der Waals surface area contributed by atoms with Gasteiger partial charge in [-0.2, -0.15) is 0 Å². The average molecular weight is 480 g/mol. The number of benzene rings is 5. The summed E-state index contributed by atoms with van der Waals surface area (Å²) in [5, 5.41) is 2.78. The van der Waals surface area contributed by atoms with Crippen LogP contribution in [-0.2, 0) is 12.0 Å². The van der Waals surface area contributed by atoms with Gasteiger partial charge < -0.3 is 4.90 Å². The summed E-state index contributed by atoms with van der Waals surface area (Å²) in [5.74, 6) is 0. The molecule has 0 amide bonds. The van der Waals surface area contributed by atoms with Gasteiger partial charge in [0.25, 0.3) is 0 Å². The Balaban J connectivity index is 1.61. The first-order chi connectivity index (χ1) is 17.7. The normalized spacial score (nSPS) is 17.1. The van der Waals surface area contributed by atoms with Gasteiger partial charge in [0.05, 0.1) is 5.41 Å². The molecule has 1 atom stereocenters. The summed E-state index contributed by atoms with van der Waals surface area (Å²) < 4.78 is 2.73. The van der Waals surface area contributed by atoms with E-state index in [1.807, 2.05) is 11.3 Å². The number of hydrogen-bond donors (Lipinski definition) is 0. The molecule has 36 heavy (non-hydrogen) atoms. The topological polar surface area (TPSA) is 3.24 Å². The predicted molar refractivity (Wildman–Crippen MR) is 153 cm³/mol. The lowest BCUT2D eigenvalue weighted by Gasteiger charge is -2.32. The summed E-state index contributed by atoms with van der Waals surface area (Å²) >= 11 is 1.91. The van der Waals surface area contributed by atoms with E-state index in [0.717, 1.165) is 6.54 Å². The van der Waals surface area contributed by atoms with Crippen LogP contribution < -0.4 is 0 Å². The van der Waals surface area contributed by atoms with Gasteiger partial charge in [-0.1, -0.05) is 91.0 Å². The maximum atomic E-state index is 2.44. The van der Waals surface area contributed by atoms with Gasteiger partial charge in [0.15, 0.2) is 0 Å². The number of fused-ring (bicyclic) bond motifs is 14. The highest BCUT2D eigenvalue weighted by Crippen LogP contribution is 2.65. The van der Waals surface area contributed by atoms with Crippen molar-refractivity contribution in [1.82, 2.24) is 4.90 Å². The van der Waals surface area contributed by atoms with Crippen molar-refractivity contribution in [2.24, 2.45) is 0 Å². The third-order valence-corrected chi connectivity index (χ3v) is 9.32. The maximum absolute atomic E-state index is 2.44. The fourth-order valence-electron chi connectivity index (χ4n) is 7.06. The zero-order valence-corrected chi connectivity index (χ0v) is 21.2. The van der Waals surface area contributed by atoms with Crippen LogP contribution in [0.15, 0.2) is 103 Å². The Kier molecular flexibility index (Phi) is 4.07. The Labute approximate surface area is 215 Å². The van der Waals surface area contributed by atoms with Crippen LogP contribution in [0, 0.1) is 0 Å². The average Bonchev–Trinajstić information content (AvgIpc) is 3.52. The Morgan fingerprint density at radius 2 is 1.31 bits per heavy atom. The van der Waals surface area contributed by atoms with Crippen molar-refractivity contribution in [3.05, 3.63) is 131 Å². The molecule has 1 spiro atoms. The van der Waals surface area contributed by atoms with Crippen molar-refractivity contribution in [3.8, 4) is 22.3 Å². The van der Waals surface area contributed by atoms with Crippen LogP contribution in [0.5, 0.6) is 0 Å². The zero-order chi connectivity index (χ0) is 24.0. The standard InChI is InChI=1S/C34H25NS/c1-35(2)20-21-10-9-14-23-22-11-3-6-15-26(22)34(33(21)23)27-16-7-4-12-24(27)31-28(34)18-19-30-32(31)25-13-5-8-17-29(25)36-30/h3-19H,20H2,1-2H3. The van der Waals surface area contributed by atoms with Crippen molar-refractivity contribution in [3.63, 3.8) is 0 Å². The van der Waals surface area contributed by atoms with E-state index in [1.54, 1.807) is 0 Å². The molecule has 0 bridgehead atoms. The highest BCUT2D eigenvalue weighted by atomic mass is 32.1. The van der Waals surface area contributed by atoms with Crippen molar-refractivity contribution in [1.29, 1.82) is 0 Å². The van der Waals surface area contributed by atoms with E-state index in [9.17, 15) is 0 Å². The van der Waals surface area contributed by atoms with Gasteiger partial charge in [-0.05, 0) is 76.3 Å². The van der Waals surface area contributed by atoms with Gasteiger partial charge in [0.1, 0.15) is 0 Å². The molecule has 172 valence electrons. The molecule has 1 nitrogen and oxygen atoms in total.